The van der Waals surface area contributed by atoms with Gasteiger partial charge in [0.1, 0.15) is 0 Å². The third-order valence-electron chi connectivity index (χ3n) is 3.74. The maximum atomic E-state index is 14.4. The van der Waals surface area contributed by atoms with E-state index in [1.807, 2.05) is 0 Å². The predicted molar refractivity (Wildman–Crippen MR) is 74.5 cm³/mol. The number of alkyl halides is 2. The summed E-state index contributed by atoms with van der Waals surface area (Å²) in [5.74, 6) is -3.04. The first-order valence-corrected chi connectivity index (χ1v) is 6.37. The summed E-state index contributed by atoms with van der Waals surface area (Å²) in [7, 11) is 0. The third-order valence-corrected chi connectivity index (χ3v) is 3.74. The van der Waals surface area contributed by atoms with Crippen molar-refractivity contribution in [1.82, 2.24) is 0 Å². The Morgan fingerprint density at radius 1 is 1.05 bits per heavy atom. The molecular formula is C16H15F2NO. The van der Waals surface area contributed by atoms with Crippen LogP contribution in [-0.2, 0) is 11.5 Å². The molecule has 2 aromatic rings. The number of nitrogens with two attached hydrogens (primary N) is 1. The SMILES string of the molecule is CC(C)(O)c1cc2c(cc1N)C(F)(F)c1ccccc1-2. The summed E-state index contributed by atoms with van der Waals surface area (Å²) in [5, 5.41) is 10.1. The lowest BCUT2D eigenvalue weighted by Crippen LogP contribution is -2.19. The first kappa shape index (κ1) is 13.1. The van der Waals surface area contributed by atoms with Crippen LogP contribution in [0, 0.1) is 0 Å². The zero-order valence-corrected chi connectivity index (χ0v) is 11.2. The van der Waals surface area contributed by atoms with Crippen LogP contribution in [0.1, 0.15) is 30.5 Å². The molecule has 1 aliphatic carbocycles. The molecule has 0 bridgehead atoms. The number of benzene rings is 2. The molecule has 20 heavy (non-hydrogen) atoms. The molecule has 4 heteroatoms. The molecule has 0 saturated heterocycles. The van der Waals surface area contributed by atoms with E-state index in [-0.39, 0.29) is 16.8 Å². The number of halogens is 2. The molecule has 0 fully saturated rings. The molecule has 3 N–H and O–H groups in total. The molecule has 0 amide bonds. The summed E-state index contributed by atoms with van der Waals surface area (Å²) >= 11 is 0. The maximum Gasteiger partial charge on any atom is 0.299 e. The number of anilines is 1. The summed E-state index contributed by atoms with van der Waals surface area (Å²) in [6.45, 7) is 3.17. The van der Waals surface area contributed by atoms with E-state index in [0.29, 0.717) is 16.7 Å². The van der Waals surface area contributed by atoms with Crippen molar-refractivity contribution in [3.8, 4) is 11.1 Å². The lowest BCUT2D eigenvalue weighted by molar-refractivity contribution is 0.0477. The molecule has 2 aromatic carbocycles. The Bertz CT molecular complexity index is 702. The molecule has 1 aliphatic rings. The van der Waals surface area contributed by atoms with Gasteiger partial charge in [0.2, 0.25) is 0 Å². The highest BCUT2D eigenvalue weighted by atomic mass is 19.3. The van der Waals surface area contributed by atoms with Crippen LogP contribution in [0.5, 0.6) is 0 Å². The Labute approximate surface area is 115 Å². The van der Waals surface area contributed by atoms with Gasteiger partial charge in [-0.3, -0.25) is 0 Å². The molecule has 3 rings (SSSR count). The van der Waals surface area contributed by atoms with E-state index in [4.69, 9.17) is 5.73 Å². The van der Waals surface area contributed by atoms with Crippen molar-refractivity contribution >= 4 is 5.69 Å². The second-order valence-corrected chi connectivity index (χ2v) is 5.66. The van der Waals surface area contributed by atoms with Gasteiger partial charge < -0.3 is 10.8 Å². The second-order valence-electron chi connectivity index (χ2n) is 5.66. The van der Waals surface area contributed by atoms with Gasteiger partial charge in [0, 0.05) is 22.4 Å². The minimum atomic E-state index is -3.04. The van der Waals surface area contributed by atoms with Gasteiger partial charge in [0.25, 0.3) is 5.92 Å². The molecule has 0 unspecified atom stereocenters. The molecule has 0 heterocycles. The lowest BCUT2D eigenvalue weighted by atomic mass is 9.91. The van der Waals surface area contributed by atoms with E-state index in [2.05, 4.69) is 0 Å². The van der Waals surface area contributed by atoms with Crippen LogP contribution in [0.4, 0.5) is 14.5 Å². The molecule has 2 nitrogen and oxygen atoms in total. The van der Waals surface area contributed by atoms with E-state index in [9.17, 15) is 13.9 Å². The van der Waals surface area contributed by atoms with Crippen molar-refractivity contribution in [1.29, 1.82) is 0 Å². The third kappa shape index (κ3) is 1.64. The first-order chi connectivity index (χ1) is 9.23. The Kier molecular flexibility index (Phi) is 2.48. The van der Waals surface area contributed by atoms with Crippen molar-refractivity contribution in [3.05, 3.63) is 53.1 Å². The van der Waals surface area contributed by atoms with Gasteiger partial charge in [-0.1, -0.05) is 24.3 Å². The van der Waals surface area contributed by atoms with Gasteiger partial charge in [0.05, 0.1) is 5.60 Å². The Hall–Kier alpha value is -1.94. The predicted octanol–water partition coefficient (Wildman–Crippen LogP) is 3.62. The van der Waals surface area contributed by atoms with Gasteiger partial charge in [-0.2, -0.15) is 8.78 Å². The van der Waals surface area contributed by atoms with E-state index in [1.54, 1.807) is 38.1 Å². The van der Waals surface area contributed by atoms with Crippen LogP contribution >= 0.6 is 0 Å². The molecular weight excluding hydrogens is 260 g/mol. The van der Waals surface area contributed by atoms with Crippen LogP contribution < -0.4 is 5.73 Å². The van der Waals surface area contributed by atoms with Gasteiger partial charge in [-0.05, 0) is 37.1 Å². The van der Waals surface area contributed by atoms with Crippen molar-refractivity contribution in [2.24, 2.45) is 0 Å². The summed E-state index contributed by atoms with van der Waals surface area (Å²) in [6, 6.07) is 9.27. The molecule has 0 spiro atoms. The monoisotopic (exact) mass is 275 g/mol. The Balaban J connectivity index is 2.35. The summed E-state index contributed by atoms with van der Waals surface area (Å²) in [6.07, 6.45) is 0. The molecule has 0 atom stereocenters. The fourth-order valence-corrected chi connectivity index (χ4v) is 2.77. The first-order valence-electron chi connectivity index (χ1n) is 6.37. The number of nitrogen functional groups attached to an aromatic ring is 1. The number of aliphatic hydroxyl groups is 1. The fraction of sp³-hybridized carbons (Fsp3) is 0.250. The highest BCUT2D eigenvalue weighted by Crippen LogP contribution is 2.52. The van der Waals surface area contributed by atoms with Gasteiger partial charge in [-0.15, -0.1) is 0 Å². The van der Waals surface area contributed by atoms with Crippen LogP contribution in [0.25, 0.3) is 11.1 Å². The van der Waals surface area contributed by atoms with E-state index < -0.39 is 11.5 Å². The Morgan fingerprint density at radius 2 is 1.70 bits per heavy atom. The average molecular weight is 275 g/mol. The second kappa shape index (κ2) is 3.79. The molecule has 0 radical (unpaired) electrons. The standard InChI is InChI=1S/C16H15F2NO/c1-15(2,20)13-7-10-9-5-3-4-6-11(9)16(17,18)12(10)8-14(13)19/h3-8,20H,19H2,1-2H3. The zero-order chi connectivity index (χ0) is 14.7. The number of rotatable bonds is 1. The number of hydrogen-bond acceptors (Lipinski definition) is 2. The number of hydrogen-bond donors (Lipinski definition) is 2. The molecule has 104 valence electrons. The van der Waals surface area contributed by atoms with Crippen LogP contribution in [0.3, 0.4) is 0 Å². The van der Waals surface area contributed by atoms with Gasteiger partial charge in [-0.25, -0.2) is 0 Å². The van der Waals surface area contributed by atoms with E-state index in [1.165, 1.54) is 12.1 Å². The smallest absolute Gasteiger partial charge is 0.299 e. The summed E-state index contributed by atoms with van der Waals surface area (Å²) < 4.78 is 28.8. The van der Waals surface area contributed by atoms with Crippen LogP contribution in [0.2, 0.25) is 0 Å². The highest BCUT2D eigenvalue weighted by Gasteiger charge is 2.45. The van der Waals surface area contributed by atoms with Crippen LogP contribution in [-0.4, -0.2) is 5.11 Å². The topological polar surface area (TPSA) is 46.2 Å². The largest absolute Gasteiger partial charge is 0.398 e. The Morgan fingerprint density at radius 3 is 2.35 bits per heavy atom. The number of fused-ring (bicyclic) bond motifs is 3. The van der Waals surface area contributed by atoms with Crippen LogP contribution in [0.15, 0.2) is 36.4 Å². The summed E-state index contributed by atoms with van der Waals surface area (Å²) in [5.41, 5.74) is 6.15. The summed E-state index contributed by atoms with van der Waals surface area (Å²) in [4.78, 5) is 0. The molecule has 0 saturated carbocycles. The highest BCUT2D eigenvalue weighted by molar-refractivity contribution is 5.82. The molecule has 0 aliphatic heterocycles. The lowest BCUT2D eigenvalue weighted by Gasteiger charge is -2.22. The normalized spacial score (nSPS) is 15.8. The van der Waals surface area contributed by atoms with E-state index >= 15 is 0 Å². The minimum absolute atomic E-state index is 0.0118. The fourth-order valence-electron chi connectivity index (χ4n) is 2.77. The molecule has 0 aromatic heterocycles. The van der Waals surface area contributed by atoms with Crippen molar-refractivity contribution < 1.29 is 13.9 Å². The minimum Gasteiger partial charge on any atom is -0.398 e. The van der Waals surface area contributed by atoms with Crippen molar-refractivity contribution in [3.63, 3.8) is 0 Å². The van der Waals surface area contributed by atoms with Gasteiger partial charge in [0.15, 0.2) is 0 Å². The van der Waals surface area contributed by atoms with Gasteiger partial charge >= 0.3 is 0 Å². The van der Waals surface area contributed by atoms with Crippen molar-refractivity contribution in [2.75, 3.05) is 5.73 Å². The average Bonchev–Trinajstić information content (AvgIpc) is 2.57. The maximum absolute atomic E-state index is 14.4. The van der Waals surface area contributed by atoms with E-state index in [0.717, 1.165) is 0 Å². The quantitative estimate of drug-likeness (QED) is 0.781. The van der Waals surface area contributed by atoms with Crippen molar-refractivity contribution in [2.45, 2.75) is 25.4 Å². The zero-order valence-electron chi connectivity index (χ0n) is 11.2.